The number of hydrogen-bond donors (Lipinski definition) is 2. The third-order valence-corrected chi connectivity index (χ3v) is 3.90. The van der Waals surface area contributed by atoms with Crippen molar-refractivity contribution in [2.75, 3.05) is 17.7 Å². The van der Waals surface area contributed by atoms with Crippen molar-refractivity contribution in [2.24, 2.45) is 0 Å². The standard InChI is InChI=1S/C10H11Br2ClFNO/c1-5-7(11)2-8(12)10(9(5)14)15-4-6(16)3-13/h2,6,15-16H,3-4H2,1H3. The van der Waals surface area contributed by atoms with Crippen LogP contribution in [0.2, 0.25) is 0 Å². The number of hydrogen-bond acceptors (Lipinski definition) is 2. The molecule has 1 aromatic rings. The van der Waals surface area contributed by atoms with E-state index in [2.05, 4.69) is 37.2 Å². The van der Waals surface area contributed by atoms with Crippen LogP contribution in [-0.2, 0) is 0 Å². The van der Waals surface area contributed by atoms with E-state index in [0.29, 0.717) is 20.2 Å². The van der Waals surface area contributed by atoms with Gasteiger partial charge in [0, 0.05) is 21.1 Å². The monoisotopic (exact) mass is 373 g/mol. The summed E-state index contributed by atoms with van der Waals surface area (Å²) in [6.07, 6.45) is -0.697. The predicted octanol–water partition coefficient (Wildman–Crippen LogP) is 3.67. The largest absolute Gasteiger partial charge is 0.390 e. The maximum Gasteiger partial charge on any atom is 0.151 e. The molecular formula is C10H11Br2ClFNO. The summed E-state index contributed by atoms with van der Waals surface area (Å²) >= 11 is 12.0. The Morgan fingerprint density at radius 1 is 1.50 bits per heavy atom. The molecule has 2 nitrogen and oxygen atoms in total. The normalized spacial score (nSPS) is 12.6. The van der Waals surface area contributed by atoms with Crippen LogP contribution in [-0.4, -0.2) is 23.6 Å². The van der Waals surface area contributed by atoms with Gasteiger partial charge in [0.1, 0.15) is 0 Å². The van der Waals surface area contributed by atoms with E-state index in [0.717, 1.165) is 0 Å². The van der Waals surface area contributed by atoms with Crippen LogP contribution >= 0.6 is 43.5 Å². The fourth-order valence-corrected chi connectivity index (χ4v) is 2.49. The van der Waals surface area contributed by atoms with Gasteiger partial charge in [-0.3, -0.25) is 0 Å². The van der Waals surface area contributed by atoms with Crippen molar-refractivity contribution in [2.45, 2.75) is 13.0 Å². The van der Waals surface area contributed by atoms with Gasteiger partial charge in [0.25, 0.3) is 0 Å². The summed E-state index contributed by atoms with van der Waals surface area (Å²) in [7, 11) is 0. The average Bonchev–Trinajstić information content (AvgIpc) is 2.25. The molecule has 0 aliphatic carbocycles. The molecule has 0 bridgehead atoms. The third kappa shape index (κ3) is 3.32. The van der Waals surface area contributed by atoms with Crippen molar-refractivity contribution in [3.8, 4) is 0 Å². The summed E-state index contributed by atoms with van der Waals surface area (Å²) in [4.78, 5) is 0. The van der Waals surface area contributed by atoms with Gasteiger partial charge in [-0.25, -0.2) is 4.39 Å². The molecule has 90 valence electrons. The van der Waals surface area contributed by atoms with Gasteiger partial charge >= 0.3 is 0 Å². The Balaban J connectivity index is 2.92. The SMILES string of the molecule is Cc1c(Br)cc(Br)c(NCC(O)CCl)c1F. The molecule has 1 unspecified atom stereocenters. The lowest BCUT2D eigenvalue weighted by Gasteiger charge is -2.14. The molecule has 6 heteroatoms. The zero-order valence-corrected chi connectivity index (χ0v) is 12.5. The van der Waals surface area contributed by atoms with E-state index in [1.54, 1.807) is 13.0 Å². The molecule has 0 radical (unpaired) electrons. The van der Waals surface area contributed by atoms with Gasteiger partial charge in [-0.2, -0.15) is 0 Å². The van der Waals surface area contributed by atoms with Crippen molar-refractivity contribution in [1.29, 1.82) is 0 Å². The minimum Gasteiger partial charge on any atom is -0.390 e. The van der Waals surface area contributed by atoms with Crippen LogP contribution in [0, 0.1) is 12.7 Å². The van der Waals surface area contributed by atoms with Crippen molar-refractivity contribution in [3.05, 3.63) is 26.4 Å². The van der Waals surface area contributed by atoms with Crippen molar-refractivity contribution >= 4 is 49.1 Å². The summed E-state index contributed by atoms with van der Waals surface area (Å²) in [5.41, 5.74) is 0.857. The molecule has 0 fully saturated rings. The highest BCUT2D eigenvalue weighted by molar-refractivity contribution is 9.11. The van der Waals surface area contributed by atoms with Crippen molar-refractivity contribution in [1.82, 2.24) is 0 Å². The van der Waals surface area contributed by atoms with Gasteiger partial charge in [-0.15, -0.1) is 11.6 Å². The lowest BCUT2D eigenvalue weighted by molar-refractivity contribution is 0.211. The van der Waals surface area contributed by atoms with Crippen LogP contribution in [0.1, 0.15) is 5.56 Å². The fraction of sp³-hybridized carbons (Fsp3) is 0.400. The summed E-state index contributed by atoms with van der Waals surface area (Å²) < 4.78 is 15.1. The maximum absolute atomic E-state index is 13.8. The molecule has 1 rings (SSSR count). The van der Waals surface area contributed by atoms with Crippen molar-refractivity contribution in [3.63, 3.8) is 0 Å². The number of benzene rings is 1. The fourth-order valence-electron chi connectivity index (χ4n) is 1.13. The van der Waals surface area contributed by atoms with Crippen LogP contribution < -0.4 is 5.32 Å². The molecule has 2 N–H and O–H groups in total. The number of aliphatic hydroxyl groups is 1. The molecule has 0 heterocycles. The van der Waals surface area contributed by atoms with Gasteiger partial charge in [0.05, 0.1) is 17.7 Å². The highest BCUT2D eigenvalue weighted by Crippen LogP contribution is 2.33. The van der Waals surface area contributed by atoms with E-state index in [4.69, 9.17) is 11.6 Å². The Morgan fingerprint density at radius 2 is 2.12 bits per heavy atom. The van der Waals surface area contributed by atoms with E-state index < -0.39 is 6.10 Å². The lowest BCUT2D eigenvalue weighted by atomic mass is 10.2. The smallest absolute Gasteiger partial charge is 0.151 e. The van der Waals surface area contributed by atoms with Gasteiger partial charge in [-0.05, 0) is 28.9 Å². The minimum absolute atomic E-state index is 0.113. The molecule has 0 spiro atoms. The average molecular weight is 375 g/mol. The van der Waals surface area contributed by atoms with Crippen LogP contribution in [0.25, 0.3) is 0 Å². The van der Waals surface area contributed by atoms with E-state index >= 15 is 0 Å². The highest BCUT2D eigenvalue weighted by Gasteiger charge is 2.13. The lowest BCUT2D eigenvalue weighted by Crippen LogP contribution is -2.21. The Morgan fingerprint density at radius 3 is 2.69 bits per heavy atom. The second kappa shape index (κ2) is 6.19. The van der Waals surface area contributed by atoms with Crippen LogP contribution in [0.15, 0.2) is 15.0 Å². The zero-order valence-electron chi connectivity index (χ0n) is 8.53. The van der Waals surface area contributed by atoms with Crippen molar-refractivity contribution < 1.29 is 9.50 Å². The second-order valence-electron chi connectivity index (χ2n) is 3.34. The minimum atomic E-state index is -0.697. The quantitative estimate of drug-likeness (QED) is 0.787. The first-order valence-corrected chi connectivity index (χ1v) is 6.71. The molecule has 0 aliphatic heterocycles. The molecule has 0 saturated carbocycles. The Hall–Kier alpha value is 0.160. The van der Waals surface area contributed by atoms with Crippen LogP contribution in [0.5, 0.6) is 0 Å². The number of halogens is 4. The molecule has 0 saturated heterocycles. The summed E-state index contributed by atoms with van der Waals surface area (Å²) in [6, 6.07) is 1.76. The van der Waals surface area contributed by atoms with Gasteiger partial charge in [0.15, 0.2) is 5.82 Å². The first kappa shape index (κ1) is 14.2. The molecule has 16 heavy (non-hydrogen) atoms. The molecule has 0 amide bonds. The molecule has 0 aliphatic rings. The number of alkyl halides is 1. The molecule has 1 atom stereocenters. The van der Waals surface area contributed by atoms with E-state index in [1.807, 2.05) is 0 Å². The first-order chi connectivity index (χ1) is 7.47. The third-order valence-electron chi connectivity index (χ3n) is 2.09. The maximum atomic E-state index is 13.8. The molecular weight excluding hydrogens is 364 g/mol. The number of nitrogens with one attached hydrogen (secondary N) is 1. The Kier molecular flexibility index (Phi) is 5.50. The van der Waals surface area contributed by atoms with Crippen LogP contribution in [0.3, 0.4) is 0 Å². The van der Waals surface area contributed by atoms with E-state index in [1.165, 1.54) is 0 Å². The van der Waals surface area contributed by atoms with E-state index in [-0.39, 0.29) is 18.2 Å². The zero-order chi connectivity index (χ0) is 12.3. The van der Waals surface area contributed by atoms with Crippen LogP contribution in [0.4, 0.5) is 10.1 Å². The Bertz CT molecular complexity index is 390. The predicted molar refractivity (Wildman–Crippen MR) is 71.8 cm³/mol. The second-order valence-corrected chi connectivity index (χ2v) is 5.36. The summed E-state index contributed by atoms with van der Waals surface area (Å²) in [5.74, 6) is -0.232. The van der Waals surface area contributed by atoms with E-state index in [9.17, 15) is 9.50 Å². The first-order valence-electron chi connectivity index (χ1n) is 4.59. The summed E-state index contributed by atoms with van der Waals surface area (Å²) in [5, 5.41) is 12.1. The summed E-state index contributed by atoms with van der Waals surface area (Å²) in [6.45, 7) is 1.88. The van der Waals surface area contributed by atoms with Gasteiger partial charge < -0.3 is 10.4 Å². The van der Waals surface area contributed by atoms with Gasteiger partial charge in [-0.1, -0.05) is 15.9 Å². The van der Waals surface area contributed by atoms with Gasteiger partial charge in [0.2, 0.25) is 0 Å². The Labute approximate surface area is 115 Å². The molecule has 1 aromatic carbocycles. The topological polar surface area (TPSA) is 32.3 Å². The number of aliphatic hydroxyl groups excluding tert-OH is 1. The highest BCUT2D eigenvalue weighted by atomic mass is 79.9. The number of rotatable bonds is 4. The molecule has 0 aromatic heterocycles. The number of anilines is 1.